The van der Waals surface area contributed by atoms with Gasteiger partial charge >= 0.3 is 12.2 Å². The molecule has 2 N–H and O–H groups in total. The second kappa shape index (κ2) is 5.00. The SMILES string of the molecule is Cc1ccccc1C(=O)NC1(C(F)(F)F)NC(=O)N(C)C1=O. The van der Waals surface area contributed by atoms with Crippen LogP contribution in [0, 0.1) is 6.92 Å². The van der Waals surface area contributed by atoms with E-state index in [4.69, 9.17) is 0 Å². The lowest BCUT2D eigenvalue weighted by Gasteiger charge is -2.29. The summed E-state index contributed by atoms with van der Waals surface area (Å²) in [5.74, 6) is -2.70. The van der Waals surface area contributed by atoms with Crippen molar-refractivity contribution in [2.24, 2.45) is 0 Å². The summed E-state index contributed by atoms with van der Waals surface area (Å²) < 4.78 is 39.9. The van der Waals surface area contributed by atoms with Crippen LogP contribution in [0.25, 0.3) is 0 Å². The van der Waals surface area contributed by atoms with Crippen molar-refractivity contribution in [1.82, 2.24) is 15.5 Å². The van der Waals surface area contributed by atoms with Crippen LogP contribution in [0.1, 0.15) is 15.9 Å². The summed E-state index contributed by atoms with van der Waals surface area (Å²) in [6.07, 6.45) is -5.19. The number of imide groups is 1. The highest BCUT2D eigenvalue weighted by molar-refractivity contribution is 6.10. The molecule has 1 aliphatic heterocycles. The molecule has 2 rings (SSSR count). The van der Waals surface area contributed by atoms with E-state index in [1.54, 1.807) is 11.4 Å². The molecule has 0 bridgehead atoms. The Morgan fingerprint density at radius 3 is 2.32 bits per heavy atom. The Kier molecular flexibility index (Phi) is 3.59. The number of carbonyl (C=O) groups excluding carboxylic acids is 3. The molecule has 0 radical (unpaired) electrons. The van der Waals surface area contributed by atoms with Crippen molar-refractivity contribution in [3.8, 4) is 0 Å². The van der Waals surface area contributed by atoms with Crippen LogP contribution in [0.4, 0.5) is 18.0 Å². The molecule has 1 saturated heterocycles. The molecule has 0 spiro atoms. The fourth-order valence-corrected chi connectivity index (χ4v) is 2.05. The first kappa shape index (κ1) is 15.8. The van der Waals surface area contributed by atoms with E-state index in [-0.39, 0.29) is 10.5 Å². The minimum Gasteiger partial charge on any atom is -0.314 e. The molecule has 22 heavy (non-hydrogen) atoms. The quantitative estimate of drug-likeness (QED) is 0.804. The highest BCUT2D eigenvalue weighted by Gasteiger charge is 2.68. The second-order valence-corrected chi connectivity index (χ2v) is 4.81. The van der Waals surface area contributed by atoms with E-state index in [0.29, 0.717) is 5.56 Å². The maximum atomic E-state index is 13.3. The van der Waals surface area contributed by atoms with Gasteiger partial charge in [-0.3, -0.25) is 19.8 Å². The Hall–Kier alpha value is -2.58. The van der Waals surface area contributed by atoms with Crippen LogP contribution in [-0.4, -0.2) is 41.6 Å². The van der Waals surface area contributed by atoms with E-state index in [0.717, 1.165) is 7.05 Å². The van der Waals surface area contributed by atoms with Crippen molar-refractivity contribution in [3.63, 3.8) is 0 Å². The Morgan fingerprint density at radius 1 is 1.27 bits per heavy atom. The molecule has 9 heteroatoms. The van der Waals surface area contributed by atoms with Crippen molar-refractivity contribution >= 4 is 17.8 Å². The Balaban J connectivity index is 2.42. The Labute approximate surface area is 123 Å². The number of urea groups is 1. The van der Waals surface area contributed by atoms with Gasteiger partial charge in [-0.15, -0.1) is 0 Å². The summed E-state index contributed by atoms with van der Waals surface area (Å²) in [7, 11) is 0.894. The van der Waals surface area contributed by atoms with Gasteiger partial charge in [0, 0.05) is 12.6 Å². The smallest absolute Gasteiger partial charge is 0.314 e. The van der Waals surface area contributed by atoms with Crippen LogP contribution in [-0.2, 0) is 4.79 Å². The summed E-state index contributed by atoms with van der Waals surface area (Å²) in [5.41, 5.74) is -3.05. The van der Waals surface area contributed by atoms with E-state index in [1.807, 2.05) is 0 Å². The van der Waals surface area contributed by atoms with Gasteiger partial charge in [-0.2, -0.15) is 13.2 Å². The lowest BCUT2D eigenvalue weighted by Crippen LogP contribution is -2.69. The van der Waals surface area contributed by atoms with E-state index >= 15 is 0 Å². The van der Waals surface area contributed by atoms with Crippen molar-refractivity contribution in [2.75, 3.05) is 7.05 Å². The fourth-order valence-electron chi connectivity index (χ4n) is 2.05. The van der Waals surface area contributed by atoms with Gasteiger partial charge in [0.2, 0.25) is 0 Å². The number of aryl methyl sites for hydroxylation is 1. The number of amides is 4. The van der Waals surface area contributed by atoms with Crippen LogP contribution in [0.5, 0.6) is 0 Å². The zero-order chi connectivity index (χ0) is 16.7. The minimum atomic E-state index is -5.19. The van der Waals surface area contributed by atoms with Crippen molar-refractivity contribution < 1.29 is 27.6 Å². The van der Waals surface area contributed by atoms with Crippen LogP contribution in [0.3, 0.4) is 0 Å². The van der Waals surface area contributed by atoms with Gasteiger partial charge in [0.05, 0.1) is 0 Å². The zero-order valence-electron chi connectivity index (χ0n) is 11.6. The predicted octanol–water partition coefficient (Wildman–Crippen LogP) is 1.17. The van der Waals surface area contributed by atoms with Gasteiger partial charge in [-0.05, 0) is 18.6 Å². The largest absolute Gasteiger partial charge is 0.440 e. The molecule has 0 saturated carbocycles. The summed E-state index contributed by atoms with van der Waals surface area (Å²) in [6, 6.07) is 4.70. The first-order valence-corrected chi connectivity index (χ1v) is 6.15. The van der Waals surface area contributed by atoms with E-state index in [2.05, 4.69) is 0 Å². The zero-order valence-corrected chi connectivity index (χ0v) is 11.6. The summed E-state index contributed by atoms with van der Waals surface area (Å²) >= 11 is 0. The number of hydrogen-bond acceptors (Lipinski definition) is 3. The number of nitrogens with one attached hydrogen (secondary N) is 2. The van der Waals surface area contributed by atoms with Gasteiger partial charge in [0.15, 0.2) is 0 Å². The standard InChI is InChI=1S/C13H12F3N3O3/c1-7-5-3-4-6-8(7)9(20)17-12(13(14,15)16)10(21)19(2)11(22)18-12/h3-6H,1-2H3,(H,17,20)(H,18,22). The van der Waals surface area contributed by atoms with Crippen LogP contribution in [0.2, 0.25) is 0 Å². The van der Waals surface area contributed by atoms with Gasteiger partial charge in [0.1, 0.15) is 0 Å². The molecule has 0 aromatic heterocycles. The monoisotopic (exact) mass is 315 g/mol. The topological polar surface area (TPSA) is 78.5 Å². The second-order valence-electron chi connectivity index (χ2n) is 4.81. The first-order chi connectivity index (χ1) is 10.1. The molecule has 1 heterocycles. The average Bonchev–Trinajstić information content (AvgIpc) is 2.64. The number of hydrogen-bond donors (Lipinski definition) is 2. The predicted molar refractivity (Wildman–Crippen MR) is 68.7 cm³/mol. The molecule has 1 fully saturated rings. The maximum Gasteiger partial charge on any atom is 0.440 e. The molecule has 1 aliphatic rings. The van der Waals surface area contributed by atoms with Crippen LogP contribution >= 0.6 is 0 Å². The van der Waals surface area contributed by atoms with Crippen molar-refractivity contribution in [3.05, 3.63) is 35.4 Å². The molecule has 1 unspecified atom stereocenters. The summed E-state index contributed by atoms with van der Waals surface area (Å²) in [4.78, 5) is 35.6. The van der Waals surface area contributed by atoms with Crippen molar-refractivity contribution in [2.45, 2.75) is 18.8 Å². The first-order valence-electron chi connectivity index (χ1n) is 6.15. The highest BCUT2D eigenvalue weighted by atomic mass is 19.4. The molecule has 118 valence electrons. The van der Waals surface area contributed by atoms with Crippen molar-refractivity contribution in [1.29, 1.82) is 0 Å². The third-order valence-corrected chi connectivity index (χ3v) is 3.34. The number of nitrogens with zero attached hydrogens (tertiary/aromatic N) is 1. The lowest BCUT2D eigenvalue weighted by molar-refractivity contribution is -0.199. The molecule has 6 nitrogen and oxygen atoms in total. The van der Waals surface area contributed by atoms with E-state index in [1.165, 1.54) is 30.4 Å². The third kappa shape index (κ3) is 2.28. The summed E-state index contributed by atoms with van der Waals surface area (Å²) in [5, 5.41) is 3.12. The number of carbonyl (C=O) groups is 3. The minimum absolute atomic E-state index is 0.0253. The third-order valence-electron chi connectivity index (χ3n) is 3.34. The number of rotatable bonds is 2. The number of likely N-dealkylation sites (N-methyl/N-ethyl adjacent to an activating group) is 1. The van der Waals surface area contributed by atoms with E-state index < -0.39 is 29.7 Å². The number of halogens is 3. The van der Waals surface area contributed by atoms with Crippen LogP contribution in [0.15, 0.2) is 24.3 Å². The van der Waals surface area contributed by atoms with Gasteiger partial charge < -0.3 is 5.32 Å². The average molecular weight is 315 g/mol. The molecule has 1 aromatic carbocycles. The van der Waals surface area contributed by atoms with Gasteiger partial charge in [-0.1, -0.05) is 18.2 Å². The number of benzene rings is 1. The molecule has 1 atom stereocenters. The van der Waals surface area contributed by atoms with Gasteiger partial charge in [-0.25, -0.2) is 4.79 Å². The molecule has 4 amide bonds. The molecular formula is C13H12F3N3O3. The Bertz CT molecular complexity index is 659. The van der Waals surface area contributed by atoms with Gasteiger partial charge in [0.25, 0.3) is 17.5 Å². The highest BCUT2D eigenvalue weighted by Crippen LogP contribution is 2.33. The lowest BCUT2D eigenvalue weighted by atomic mass is 10.1. The summed E-state index contributed by atoms with van der Waals surface area (Å²) in [6.45, 7) is 1.54. The fraction of sp³-hybridized carbons (Fsp3) is 0.308. The van der Waals surface area contributed by atoms with Crippen LogP contribution < -0.4 is 10.6 Å². The van der Waals surface area contributed by atoms with E-state index in [9.17, 15) is 27.6 Å². The number of alkyl halides is 3. The molecule has 0 aliphatic carbocycles. The molecule has 1 aromatic rings. The molecular weight excluding hydrogens is 303 g/mol. The normalized spacial score (nSPS) is 21.8. The Morgan fingerprint density at radius 2 is 1.86 bits per heavy atom. The maximum absolute atomic E-state index is 13.3.